The Morgan fingerprint density at radius 3 is 2.53 bits per heavy atom. The number of ether oxygens (including phenoxy) is 2. The van der Waals surface area contributed by atoms with Gasteiger partial charge in [-0.05, 0) is 76.6 Å². The normalized spacial score (nSPS) is 21.6. The SMILES string of the molecule is CC(C)Oc1cc(C(=O)O)cc2sc(N3C4CCC3CC(NCc3c(-c5ccccc5OC(F)(F)F)noc3C3CC3)C4)nc12. The van der Waals surface area contributed by atoms with Crippen LogP contribution < -0.4 is 19.7 Å². The molecule has 2 N–H and O–H groups in total. The number of nitrogens with one attached hydrogen (secondary N) is 1. The van der Waals surface area contributed by atoms with Crippen LogP contribution in [0.25, 0.3) is 21.5 Å². The summed E-state index contributed by atoms with van der Waals surface area (Å²) in [6, 6.07) is 9.92. The van der Waals surface area contributed by atoms with Crippen LogP contribution in [0.2, 0.25) is 0 Å². The number of nitrogens with zero attached hydrogens (tertiary/aromatic N) is 3. The van der Waals surface area contributed by atoms with Crippen molar-refractivity contribution in [1.82, 2.24) is 15.5 Å². The molecule has 1 aliphatic carbocycles. The van der Waals surface area contributed by atoms with E-state index in [0.717, 1.165) is 59.7 Å². The van der Waals surface area contributed by atoms with E-state index in [9.17, 15) is 23.1 Å². The van der Waals surface area contributed by atoms with Crippen LogP contribution in [-0.2, 0) is 6.54 Å². The van der Waals surface area contributed by atoms with E-state index in [1.165, 1.54) is 23.5 Å². The topological polar surface area (TPSA) is 110 Å². The number of aromatic nitrogens is 2. The monoisotopic (exact) mass is 642 g/mol. The summed E-state index contributed by atoms with van der Waals surface area (Å²) in [5, 5.41) is 18.4. The van der Waals surface area contributed by atoms with Crippen molar-refractivity contribution in [1.29, 1.82) is 0 Å². The van der Waals surface area contributed by atoms with Crippen molar-refractivity contribution in [3.8, 4) is 22.8 Å². The molecule has 0 amide bonds. The van der Waals surface area contributed by atoms with Gasteiger partial charge in [0.2, 0.25) is 0 Å². The van der Waals surface area contributed by atoms with Crippen LogP contribution in [0.15, 0.2) is 40.9 Å². The minimum absolute atomic E-state index is 0.127. The number of benzene rings is 2. The Morgan fingerprint density at radius 2 is 1.87 bits per heavy atom. The van der Waals surface area contributed by atoms with Gasteiger partial charge in [-0.15, -0.1) is 13.2 Å². The third kappa shape index (κ3) is 6.07. The average molecular weight is 643 g/mol. The van der Waals surface area contributed by atoms with Gasteiger partial charge < -0.3 is 29.3 Å². The summed E-state index contributed by atoms with van der Waals surface area (Å²) in [7, 11) is 0. The molecule has 4 heterocycles. The fourth-order valence-corrected chi connectivity index (χ4v) is 7.88. The molecular formula is C32H33F3N4O5S. The Balaban J connectivity index is 1.11. The van der Waals surface area contributed by atoms with E-state index in [1.807, 2.05) is 13.8 Å². The third-order valence-corrected chi connectivity index (χ3v) is 9.73. The number of rotatable bonds is 10. The van der Waals surface area contributed by atoms with Crippen molar-refractivity contribution < 1.29 is 37.1 Å². The molecule has 9 nitrogen and oxygen atoms in total. The molecule has 0 radical (unpaired) electrons. The minimum Gasteiger partial charge on any atom is -0.489 e. The molecule has 2 bridgehead atoms. The van der Waals surface area contributed by atoms with Gasteiger partial charge in [0.25, 0.3) is 0 Å². The predicted octanol–water partition coefficient (Wildman–Crippen LogP) is 7.50. The van der Waals surface area contributed by atoms with Gasteiger partial charge in [0.1, 0.15) is 28.5 Å². The summed E-state index contributed by atoms with van der Waals surface area (Å²) in [6.45, 7) is 4.22. The van der Waals surface area contributed by atoms with Gasteiger partial charge in [0, 0.05) is 41.7 Å². The summed E-state index contributed by atoms with van der Waals surface area (Å²) in [5.74, 6) is 0.118. The molecular weight excluding hydrogens is 609 g/mol. The number of fused-ring (bicyclic) bond motifs is 3. The molecule has 2 unspecified atom stereocenters. The van der Waals surface area contributed by atoms with E-state index in [-0.39, 0.29) is 47.0 Å². The van der Waals surface area contributed by atoms with E-state index in [2.05, 4.69) is 20.1 Å². The second-order valence-electron chi connectivity index (χ2n) is 12.3. The summed E-state index contributed by atoms with van der Waals surface area (Å²) >= 11 is 1.49. The van der Waals surface area contributed by atoms with Gasteiger partial charge in [-0.1, -0.05) is 28.6 Å². The van der Waals surface area contributed by atoms with Crippen LogP contribution in [0, 0.1) is 0 Å². The highest BCUT2D eigenvalue weighted by atomic mass is 32.1. The highest BCUT2D eigenvalue weighted by Gasteiger charge is 2.43. The zero-order valence-electron chi connectivity index (χ0n) is 24.8. The Kier molecular flexibility index (Phi) is 7.63. The zero-order chi connectivity index (χ0) is 31.5. The lowest BCUT2D eigenvalue weighted by Gasteiger charge is -2.39. The Morgan fingerprint density at radius 1 is 1.13 bits per heavy atom. The number of para-hydroxylation sites is 1. The standard InChI is InChI=1S/C32H33F3N4O5S/c1-16(2)42-25-11-18(30(40)41)12-26-28(25)37-31(45-26)39-20-9-10-21(39)14-19(13-20)36-15-23-27(38-44-29(23)17-7-8-17)22-5-3-4-6-24(22)43-32(33,34)35/h3-6,11-12,16-17,19-21,36H,7-10,13-15H2,1-2H3,(H,40,41). The second kappa shape index (κ2) is 11.5. The van der Waals surface area contributed by atoms with Gasteiger partial charge >= 0.3 is 12.3 Å². The van der Waals surface area contributed by atoms with Crippen molar-refractivity contribution in [3.05, 3.63) is 53.3 Å². The molecule has 45 heavy (non-hydrogen) atoms. The highest BCUT2D eigenvalue weighted by molar-refractivity contribution is 7.22. The van der Waals surface area contributed by atoms with Crippen molar-refractivity contribution in [3.63, 3.8) is 0 Å². The van der Waals surface area contributed by atoms with Gasteiger partial charge in [0.15, 0.2) is 5.13 Å². The quantitative estimate of drug-likeness (QED) is 0.182. The second-order valence-corrected chi connectivity index (χ2v) is 13.3. The molecule has 3 fully saturated rings. The molecule has 2 atom stereocenters. The lowest BCUT2D eigenvalue weighted by atomic mass is 9.97. The largest absolute Gasteiger partial charge is 0.573 e. The Bertz CT molecular complexity index is 1720. The summed E-state index contributed by atoms with van der Waals surface area (Å²) in [4.78, 5) is 19.1. The van der Waals surface area contributed by atoms with Crippen molar-refractivity contribution >= 4 is 32.7 Å². The van der Waals surface area contributed by atoms with Crippen molar-refractivity contribution in [2.45, 2.75) is 95.4 Å². The van der Waals surface area contributed by atoms with Gasteiger partial charge in [-0.3, -0.25) is 0 Å². The molecule has 3 aliphatic rings. The average Bonchev–Trinajstić information content (AvgIpc) is 3.48. The highest BCUT2D eigenvalue weighted by Crippen LogP contribution is 2.47. The van der Waals surface area contributed by atoms with Gasteiger partial charge in [0.05, 0.1) is 16.4 Å². The van der Waals surface area contributed by atoms with E-state index < -0.39 is 12.3 Å². The predicted molar refractivity (Wildman–Crippen MR) is 162 cm³/mol. The van der Waals surface area contributed by atoms with Gasteiger partial charge in [-0.2, -0.15) is 0 Å². The minimum atomic E-state index is -4.82. The maximum absolute atomic E-state index is 13.2. The number of hydrogen-bond acceptors (Lipinski definition) is 9. The zero-order valence-corrected chi connectivity index (χ0v) is 25.6. The molecule has 7 rings (SSSR count). The number of aromatic carboxylic acids is 1. The number of piperidine rings is 1. The van der Waals surface area contributed by atoms with Crippen molar-refractivity contribution in [2.75, 3.05) is 4.90 Å². The third-order valence-electron chi connectivity index (χ3n) is 8.71. The molecule has 238 valence electrons. The number of halogens is 3. The number of hydrogen-bond donors (Lipinski definition) is 2. The van der Waals surface area contributed by atoms with Crippen LogP contribution in [0.1, 0.15) is 80.0 Å². The fraction of sp³-hybridized carbons (Fsp3) is 0.469. The van der Waals surface area contributed by atoms with E-state index >= 15 is 0 Å². The molecule has 2 aromatic carbocycles. The first-order valence-corrected chi connectivity index (χ1v) is 16.1. The number of carbonyl (C=O) groups is 1. The number of carboxylic acids is 1. The number of anilines is 1. The lowest BCUT2D eigenvalue weighted by molar-refractivity contribution is -0.274. The first-order valence-electron chi connectivity index (χ1n) is 15.2. The Labute approximate surface area is 261 Å². The van der Waals surface area contributed by atoms with Gasteiger partial charge in [-0.25, -0.2) is 9.78 Å². The first kappa shape index (κ1) is 29.8. The molecule has 0 spiro atoms. The molecule has 2 aromatic heterocycles. The number of carboxylic acid groups (broad SMARTS) is 1. The van der Waals surface area contributed by atoms with E-state index in [0.29, 0.717) is 23.5 Å². The van der Waals surface area contributed by atoms with E-state index in [4.69, 9.17) is 14.2 Å². The summed E-state index contributed by atoms with van der Waals surface area (Å²) < 4.78 is 56.3. The van der Waals surface area contributed by atoms with Crippen LogP contribution >= 0.6 is 11.3 Å². The lowest BCUT2D eigenvalue weighted by Crippen LogP contribution is -2.49. The maximum atomic E-state index is 13.2. The van der Waals surface area contributed by atoms with Crippen LogP contribution in [0.4, 0.5) is 18.3 Å². The number of thiazole rings is 1. The smallest absolute Gasteiger partial charge is 0.489 e. The molecule has 13 heteroatoms. The molecule has 4 aromatic rings. The van der Waals surface area contributed by atoms with Crippen LogP contribution in [0.5, 0.6) is 11.5 Å². The summed E-state index contributed by atoms with van der Waals surface area (Å²) in [5.41, 5.74) is 2.25. The van der Waals surface area contributed by atoms with Crippen LogP contribution in [0.3, 0.4) is 0 Å². The fourth-order valence-electron chi connectivity index (χ4n) is 6.71. The molecule has 2 saturated heterocycles. The van der Waals surface area contributed by atoms with Crippen LogP contribution in [-0.4, -0.2) is 51.8 Å². The van der Waals surface area contributed by atoms with E-state index in [1.54, 1.807) is 24.3 Å². The Hall–Kier alpha value is -3.84. The molecule has 1 saturated carbocycles. The first-order chi connectivity index (χ1) is 21.5. The maximum Gasteiger partial charge on any atom is 0.573 e. The number of alkyl halides is 3. The van der Waals surface area contributed by atoms with Crippen molar-refractivity contribution in [2.24, 2.45) is 0 Å². The molecule has 2 aliphatic heterocycles. The summed E-state index contributed by atoms with van der Waals surface area (Å²) in [6.07, 6.45) is 0.749.